The van der Waals surface area contributed by atoms with E-state index in [2.05, 4.69) is 5.32 Å². The molecule has 0 saturated carbocycles. The van der Waals surface area contributed by atoms with Crippen LogP contribution in [0.3, 0.4) is 0 Å². The van der Waals surface area contributed by atoms with Gasteiger partial charge in [0.05, 0.1) is 13.4 Å². The number of carbonyl (C=O) groups is 1. The first kappa shape index (κ1) is 14.8. The first-order valence-corrected chi connectivity index (χ1v) is 8.15. The van der Waals surface area contributed by atoms with Crippen molar-refractivity contribution in [1.29, 1.82) is 0 Å². The summed E-state index contributed by atoms with van der Waals surface area (Å²) in [6.45, 7) is 0.785. The summed E-state index contributed by atoms with van der Waals surface area (Å²) >= 11 is 0. The number of rotatable bonds is 4. The highest BCUT2D eigenvalue weighted by atomic mass is 32.2. The van der Waals surface area contributed by atoms with Crippen LogP contribution in [0.15, 0.2) is 24.3 Å². The van der Waals surface area contributed by atoms with Crippen molar-refractivity contribution in [2.75, 3.05) is 26.5 Å². The first-order valence-electron chi connectivity index (χ1n) is 6.30. The second kappa shape index (κ2) is 5.80. The van der Waals surface area contributed by atoms with Gasteiger partial charge in [-0.05, 0) is 30.7 Å². The summed E-state index contributed by atoms with van der Waals surface area (Å²) in [5.41, 5.74) is 0.531. The van der Waals surface area contributed by atoms with Crippen LogP contribution < -0.4 is 10.1 Å². The highest BCUT2D eigenvalue weighted by Crippen LogP contribution is 2.15. The van der Waals surface area contributed by atoms with E-state index in [4.69, 9.17) is 4.74 Å². The van der Waals surface area contributed by atoms with Crippen LogP contribution in [-0.4, -0.2) is 51.1 Å². The standard InChI is InChI=1S/C13H18N2O4S/c1-19-12-5-3-10(4-6-12)13(16)14-11-7-8-15(9-11)20(2,17)18/h3-6,11H,7-9H2,1-2H3,(H,14,16). The fourth-order valence-electron chi connectivity index (χ4n) is 2.16. The average Bonchev–Trinajstić information content (AvgIpc) is 2.87. The van der Waals surface area contributed by atoms with E-state index in [0.29, 0.717) is 30.8 Å². The second-order valence-corrected chi connectivity index (χ2v) is 6.79. The molecule has 1 aromatic rings. The summed E-state index contributed by atoms with van der Waals surface area (Å²) in [4.78, 5) is 12.0. The summed E-state index contributed by atoms with van der Waals surface area (Å²) in [7, 11) is -1.62. The molecule has 1 heterocycles. The number of hydrogen-bond acceptors (Lipinski definition) is 4. The Hall–Kier alpha value is -1.60. The molecule has 1 amide bonds. The first-order chi connectivity index (χ1) is 9.40. The molecule has 6 nitrogen and oxygen atoms in total. The van der Waals surface area contributed by atoms with Crippen LogP contribution >= 0.6 is 0 Å². The molecule has 0 bridgehead atoms. The Balaban J connectivity index is 1.95. The monoisotopic (exact) mass is 298 g/mol. The molecule has 20 heavy (non-hydrogen) atoms. The van der Waals surface area contributed by atoms with Gasteiger partial charge in [0.25, 0.3) is 5.91 Å². The van der Waals surface area contributed by atoms with Gasteiger partial charge in [-0.3, -0.25) is 4.79 Å². The highest BCUT2D eigenvalue weighted by Gasteiger charge is 2.29. The normalized spacial score (nSPS) is 19.8. The van der Waals surface area contributed by atoms with Crippen molar-refractivity contribution in [2.24, 2.45) is 0 Å². The third-order valence-electron chi connectivity index (χ3n) is 3.31. The van der Waals surface area contributed by atoms with Gasteiger partial charge in [0, 0.05) is 24.7 Å². The number of methoxy groups -OCH3 is 1. The summed E-state index contributed by atoms with van der Waals surface area (Å²) in [5, 5.41) is 2.85. The summed E-state index contributed by atoms with van der Waals surface area (Å²) in [6, 6.07) is 6.65. The molecule has 1 unspecified atom stereocenters. The molecule has 2 rings (SSSR count). The van der Waals surface area contributed by atoms with Crippen molar-refractivity contribution in [3.05, 3.63) is 29.8 Å². The van der Waals surface area contributed by atoms with E-state index in [1.54, 1.807) is 31.4 Å². The SMILES string of the molecule is COc1ccc(C(=O)NC2CCN(S(C)(=O)=O)C2)cc1. The van der Waals surface area contributed by atoms with Gasteiger partial charge in [0.15, 0.2) is 0 Å². The summed E-state index contributed by atoms with van der Waals surface area (Å²) in [6.07, 6.45) is 1.82. The topological polar surface area (TPSA) is 75.7 Å². The lowest BCUT2D eigenvalue weighted by atomic mass is 10.2. The molecule has 1 fully saturated rings. The van der Waals surface area contributed by atoms with Gasteiger partial charge in [-0.1, -0.05) is 0 Å². The highest BCUT2D eigenvalue weighted by molar-refractivity contribution is 7.88. The van der Waals surface area contributed by atoms with Crippen LogP contribution in [0.4, 0.5) is 0 Å². The molecule has 1 aliphatic heterocycles. The number of ether oxygens (including phenoxy) is 1. The molecule has 1 aliphatic rings. The Morgan fingerprint density at radius 1 is 1.35 bits per heavy atom. The maximum atomic E-state index is 12.0. The Morgan fingerprint density at radius 3 is 2.50 bits per heavy atom. The molecule has 0 spiro atoms. The molecule has 110 valence electrons. The average molecular weight is 298 g/mol. The van der Waals surface area contributed by atoms with Crippen molar-refractivity contribution in [2.45, 2.75) is 12.5 Å². The zero-order chi connectivity index (χ0) is 14.8. The largest absolute Gasteiger partial charge is 0.497 e. The van der Waals surface area contributed by atoms with Gasteiger partial charge < -0.3 is 10.1 Å². The van der Waals surface area contributed by atoms with Crippen LogP contribution in [0.1, 0.15) is 16.8 Å². The molecule has 7 heteroatoms. The molecule has 1 aromatic carbocycles. The molecule has 1 atom stereocenters. The lowest BCUT2D eigenvalue weighted by molar-refractivity contribution is 0.0939. The van der Waals surface area contributed by atoms with Crippen LogP contribution in [0, 0.1) is 0 Å². The third kappa shape index (κ3) is 3.49. The second-order valence-electron chi connectivity index (χ2n) is 4.81. The van der Waals surface area contributed by atoms with E-state index in [0.717, 1.165) is 0 Å². The van der Waals surface area contributed by atoms with Gasteiger partial charge in [-0.25, -0.2) is 12.7 Å². The van der Waals surface area contributed by atoms with Gasteiger partial charge in [-0.15, -0.1) is 0 Å². The minimum absolute atomic E-state index is 0.140. The lowest BCUT2D eigenvalue weighted by Gasteiger charge is -2.14. The number of carbonyl (C=O) groups excluding carboxylic acids is 1. The number of benzene rings is 1. The Morgan fingerprint density at radius 2 is 2.00 bits per heavy atom. The quantitative estimate of drug-likeness (QED) is 0.876. The van der Waals surface area contributed by atoms with Gasteiger partial charge in [0.1, 0.15) is 5.75 Å². The molecular formula is C13H18N2O4S. The van der Waals surface area contributed by atoms with Crippen LogP contribution in [0.25, 0.3) is 0 Å². The number of nitrogens with zero attached hydrogens (tertiary/aromatic N) is 1. The van der Waals surface area contributed by atoms with E-state index in [9.17, 15) is 13.2 Å². The van der Waals surface area contributed by atoms with Crippen LogP contribution in [0.2, 0.25) is 0 Å². The fourth-order valence-corrected chi connectivity index (χ4v) is 3.05. The number of sulfonamides is 1. The fraction of sp³-hybridized carbons (Fsp3) is 0.462. The third-order valence-corrected chi connectivity index (χ3v) is 4.58. The van der Waals surface area contributed by atoms with Gasteiger partial charge in [-0.2, -0.15) is 0 Å². The summed E-state index contributed by atoms with van der Waals surface area (Å²) < 4.78 is 29.2. The van der Waals surface area contributed by atoms with Crippen molar-refractivity contribution >= 4 is 15.9 Å². The molecule has 0 radical (unpaired) electrons. The molecule has 1 saturated heterocycles. The van der Waals surface area contributed by atoms with Crippen LogP contribution in [-0.2, 0) is 10.0 Å². The zero-order valence-corrected chi connectivity index (χ0v) is 12.3. The smallest absolute Gasteiger partial charge is 0.251 e. The molecule has 1 N–H and O–H groups in total. The van der Waals surface area contributed by atoms with E-state index < -0.39 is 10.0 Å². The summed E-state index contributed by atoms with van der Waals surface area (Å²) in [5.74, 6) is 0.485. The minimum Gasteiger partial charge on any atom is -0.497 e. The maximum absolute atomic E-state index is 12.0. The zero-order valence-electron chi connectivity index (χ0n) is 11.5. The predicted octanol–water partition coefficient (Wildman–Crippen LogP) is 0.459. The Labute approximate surface area is 118 Å². The maximum Gasteiger partial charge on any atom is 0.251 e. The van der Waals surface area contributed by atoms with E-state index >= 15 is 0 Å². The predicted molar refractivity (Wildman–Crippen MR) is 75.3 cm³/mol. The van der Waals surface area contributed by atoms with Gasteiger partial charge in [0.2, 0.25) is 10.0 Å². The lowest BCUT2D eigenvalue weighted by Crippen LogP contribution is -2.38. The molecular weight excluding hydrogens is 280 g/mol. The van der Waals surface area contributed by atoms with Crippen LogP contribution in [0.5, 0.6) is 5.75 Å². The number of nitrogens with one attached hydrogen (secondary N) is 1. The van der Waals surface area contributed by atoms with Crippen molar-refractivity contribution in [3.8, 4) is 5.75 Å². The van der Waals surface area contributed by atoms with E-state index in [1.165, 1.54) is 10.6 Å². The Kier molecular flexibility index (Phi) is 4.29. The molecule has 0 aliphatic carbocycles. The van der Waals surface area contributed by atoms with Gasteiger partial charge >= 0.3 is 0 Å². The van der Waals surface area contributed by atoms with Crippen molar-refractivity contribution in [1.82, 2.24) is 9.62 Å². The number of amides is 1. The van der Waals surface area contributed by atoms with E-state index in [1.807, 2.05) is 0 Å². The van der Waals surface area contributed by atoms with Crippen molar-refractivity contribution in [3.63, 3.8) is 0 Å². The number of hydrogen-bond donors (Lipinski definition) is 1. The Bertz CT molecular complexity index is 583. The van der Waals surface area contributed by atoms with Crippen molar-refractivity contribution < 1.29 is 17.9 Å². The molecule has 0 aromatic heterocycles. The van der Waals surface area contributed by atoms with E-state index in [-0.39, 0.29) is 11.9 Å². The minimum atomic E-state index is -3.18.